The van der Waals surface area contributed by atoms with E-state index in [1.165, 1.54) is 10.4 Å². The molecule has 1 aliphatic rings. The highest BCUT2D eigenvalue weighted by Crippen LogP contribution is 2.37. The van der Waals surface area contributed by atoms with Crippen LogP contribution in [0.3, 0.4) is 0 Å². The molecule has 1 atom stereocenters. The van der Waals surface area contributed by atoms with E-state index in [1.54, 1.807) is 4.90 Å². The lowest BCUT2D eigenvalue weighted by Crippen LogP contribution is -2.67. The zero-order valence-electron chi connectivity index (χ0n) is 21.5. The van der Waals surface area contributed by atoms with Crippen LogP contribution in [0.15, 0.2) is 72.8 Å². The molecule has 1 amide bonds. The van der Waals surface area contributed by atoms with Gasteiger partial charge in [0.15, 0.2) is 0 Å². The summed E-state index contributed by atoms with van der Waals surface area (Å²) in [6.45, 7) is 18.0. The Balaban J connectivity index is 1.91. The van der Waals surface area contributed by atoms with Crippen molar-refractivity contribution >= 4 is 24.8 Å². The van der Waals surface area contributed by atoms with Gasteiger partial charge < -0.3 is 18.8 Å². The standard InChI is InChI=1S/C28H39NO4Si/c1-22-18-29(26(30)33-27(2,3)4)19-23(31-20-22)21-32-34(28(5,6)7,24-14-10-8-11-15-24)25-16-12-9-13-17-25/h8-17,23H,1,18-21H2,2-7H3. The van der Waals surface area contributed by atoms with Crippen molar-refractivity contribution in [3.8, 4) is 0 Å². The van der Waals surface area contributed by atoms with Gasteiger partial charge in [0, 0.05) is 6.54 Å². The quantitative estimate of drug-likeness (QED) is 0.457. The van der Waals surface area contributed by atoms with Gasteiger partial charge in [-0.2, -0.15) is 0 Å². The molecule has 1 unspecified atom stereocenters. The number of nitrogens with zero attached hydrogens (tertiary/aromatic N) is 1. The lowest BCUT2D eigenvalue weighted by atomic mass is 10.2. The van der Waals surface area contributed by atoms with Gasteiger partial charge in [0.25, 0.3) is 8.32 Å². The Morgan fingerprint density at radius 2 is 1.53 bits per heavy atom. The minimum atomic E-state index is -2.69. The fourth-order valence-electron chi connectivity index (χ4n) is 4.46. The first kappa shape index (κ1) is 26.2. The topological polar surface area (TPSA) is 48.0 Å². The number of carbonyl (C=O) groups is 1. The predicted octanol–water partition coefficient (Wildman–Crippen LogP) is 4.76. The highest BCUT2D eigenvalue weighted by molar-refractivity contribution is 6.99. The van der Waals surface area contributed by atoms with Crippen molar-refractivity contribution in [3.05, 3.63) is 72.8 Å². The molecule has 0 N–H and O–H groups in total. The predicted molar refractivity (Wildman–Crippen MR) is 140 cm³/mol. The average molecular weight is 482 g/mol. The zero-order chi connectivity index (χ0) is 25.0. The van der Waals surface area contributed by atoms with Gasteiger partial charge in [0.05, 0.1) is 25.9 Å². The van der Waals surface area contributed by atoms with Crippen molar-refractivity contribution < 1.29 is 18.7 Å². The van der Waals surface area contributed by atoms with Crippen molar-refractivity contribution in [3.63, 3.8) is 0 Å². The summed E-state index contributed by atoms with van der Waals surface area (Å²) in [5.74, 6) is 0. The van der Waals surface area contributed by atoms with Crippen LogP contribution in [0.4, 0.5) is 4.79 Å². The van der Waals surface area contributed by atoms with Crippen LogP contribution >= 0.6 is 0 Å². The number of hydrogen-bond acceptors (Lipinski definition) is 4. The number of rotatable bonds is 5. The lowest BCUT2D eigenvalue weighted by Gasteiger charge is -2.43. The molecule has 2 aromatic rings. The maximum absolute atomic E-state index is 12.8. The molecule has 5 nitrogen and oxygen atoms in total. The second-order valence-corrected chi connectivity index (χ2v) is 15.3. The molecule has 0 bridgehead atoms. The molecular formula is C28H39NO4Si. The monoisotopic (exact) mass is 481 g/mol. The van der Waals surface area contributed by atoms with Gasteiger partial charge in [0.2, 0.25) is 0 Å². The van der Waals surface area contributed by atoms with Gasteiger partial charge in [-0.15, -0.1) is 0 Å². The fraction of sp³-hybridized carbons (Fsp3) is 0.464. The first-order chi connectivity index (χ1) is 15.9. The number of ether oxygens (including phenoxy) is 2. The average Bonchev–Trinajstić information content (AvgIpc) is 2.95. The van der Waals surface area contributed by atoms with E-state index in [1.807, 2.05) is 32.9 Å². The lowest BCUT2D eigenvalue weighted by molar-refractivity contribution is 0.00252. The first-order valence-electron chi connectivity index (χ1n) is 11.9. The van der Waals surface area contributed by atoms with Gasteiger partial charge in [-0.25, -0.2) is 4.79 Å². The molecular weight excluding hydrogens is 442 g/mol. The number of benzene rings is 2. The largest absolute Gasteiger partial charge is 0.444 e. The first-order valence-corrected chi connectivity index (χ1v) is 13.8. The highest BCUT2D eigenvalue weighted by atomic mass is 28.4. The molecule has 1 fully saturated rings. The van der Waals surface area contributed by atoms with Gasteiger partial charge in [-0.3, -0.25) is 0 Å². The van der Waals surface area contributed by atoms with E-state index in [0.717, 1.165) is 5.57 Å². The number of hydrogen-bond donors (Lipinski definition) is 0. The summed E-state index contributed by atoms with van der Waals surface area (Å²) in [7, 11) is -2.69. The zero-order valence-corrected chi connectivity index (χ0v) is 22.5. The Hall–Kier alpha value is -2.41. The van der Waals surface area contributed by atoms with Gasteiger partial charge in [0.1, 0.15) is 5.60 Å². The Labute approximate surface area is 205 Å². The fourth-order valence-corrected chi connectivity index (χ4v) is 9.05. The van der Waals surface area contributed by atoms with Gasteiger partial charge >= 0.3 is 6.09 Å². The second-order valence-electron chi connectivity index (χ2n) is 11.0. The SMILES string of the molecule is C=C1COC(CO[Si](c2ccccc2)(c2ccccc2)C(C)(C)C)CN(C(=O)OC(C)(C)C)C1. The summed E-state index contributed by atoms with van der Waals surface area (Å²) in [6, 6.07) is 21.1. The molecule has 0 radical (unpaired) electrons. The molecule has 1 aliphatic heterocycles. The van der Waals surface area contributed by atoms with Crippen LogP contribution in [0.2, 0.25) is 5.04 Å². The van der Waals surface area contributed by atoms with Crippen LogP contribution < -0.4 is 10.4 Å². The van der Waals surface area contributed by atoms with Crippen molar-refractivity contribution in [2.45, 2.75) is 58.3 Å². The van der Waals surface area contributed by atoms with E-state index >= 15 is 0 Å². The Kier molecular flexibility index (Phi) is 8.06. The molecule has 184 valence electrons. The van der Waals surface area contributed by atoms with Gasteiger partial charge in [-0.05, 0) is 41.8 Å². The summed E-state index contributed by atoms with van der Waals surface area (Å²) in [6.07, 6.45) is -0.636. The molecule has 2 aromatic carbocycles. The number of amides is 1. The summed E-state index contributed by atoms with van der Waals surface area (Å²) >= 11 is 0. The second kappa shape index (κ2) is 10.5. The molecule has 1 saturated heterocycles. The van der Waals surface area contributed by atoms with Crippen molar-refractivity contribution in [1.29, 1.82) is 0 Å². The van der Waals surface area contributed by atoms with Crippen molar-refractivity contribution in [2.75, 3.05) is 26.3 Å². The van der Waals surface area contributed by atoms with Crippen LogP contribution in [0, 0.1) is 0 Å². The Bertz CT molecular complexity index is 924. The van der Waals surface area contributed by atoms with Crippen LogP contribution in [-0.4, -0.2) is 57.3 Å². The molecule has 3 rings (SSSR count). The van der Waals surface area contributed by atoms with E-state index in [4.69, 9.17) is 13.9 Å². The van der Waals surface area contributed by atoms with Crippen LogP contribution in [0.25, 0.3) is 0 Å². The van der Waals surface area contributed by atoms with Crippen molar-refractivity contribution in [1.82, 2.24) is 4.90 Å². The van der Waals surface area contributed by atoms with E-state index in [-0.39, 0.29) is 17.2 Å². The van der Waals surface area contributed by atoms with Crippen LogP contribution in [0.1, 0.15) is 41.5 Å². The Morgan fingerprint density at radius 3 is 2.00 bits per heavy atom. The van der Waals surface area contributed by atoms with Crippen LogP contribution in [-0.2, 0) is 13.9 Å². The molecule has 1 heterocycles. The van der Waals surface area contributed by atoms with E-state index in [2.05, 4.69) is 75.9 Å². The minimum absolute atomic E-state index is 0.130. The third-order valence-electron chi connectivity index (χ3n) is 5.92. The third kappa shape index (κ3) is 6.17. The molecule has 0 aromatic heterocycles. The van der Waals surface area contributed by atoms with Crippen molar-refractivity contribution in [2.24, 2.45) is 0 Å². The van der Waals surface area contributed by atoms with Crippen LogP contribution in [0.5, 0.6) is 0 Å². The molecule has 6 heteroatoms. The summed E-state index contributed by atoms with van der Waals surface area (Å²) < 4.78 is 18.8. The Morgan fingerprint density at radius 1 is 1.00 bits per heavy atom. The van der Waals surface area contributed by atoms with E-state index < -0.39 is 13.9 Å². The van der Waals surface area contributed by atoms with E-state index in [0.29, 0.717) is 26.3 Å². The highest BCUT2D eigenvalue weighted by Gasteiger charge is 2.50. The third-order valence-corrected chi connectivity index (χ3v) is 10.9. The maximum atomic E-state index is 12.8. The maximum Gasteiger partial charge on any atom is 0.410 e. The number of carbonyl (C=O) groups excluding carboxylic acids is 1. The molecule has 0 aliphatic carbocycles. The molecule has 0 spiro atoms. The molecule has 0 saturated carbocycles. The summed E-state index contributed by atoms with van der Waals surface area (Å²) in [5.41, 5.74) is 0.283. The normalized spacial score (nSPS) is 17.9. The van der Waals surface area contributed by atoms with Gasteiger partial charge in [-0.1, -0.05) is 88.0 Å². The minimum Gasteiger partial charge on any atom is -0.444 e. The summed E-state index contributed by atoms with van der Waals surface area (Å²) in [4.78, 5) is 14.5. The van der Waals surface area contributed by atoms with E-state index in [9.17, 15) is 4.79 Å². The summed E-state index contributed by atoms with van der Waals surface area (Å²) in [5, 5.41) is 2.31. The molecule has 34 heavy (non-hydrogen) atoms. The smallest absolute Gasteiger partial charge is 0.410 e.